The fraction of sp³-hybridized carbons (Fsp3) is 0.167. The zero-order valence-corrected chi connectivity index (χ0v) is 10.2. The summed E-state index contributed by atoms with van der Waals surface area (Å²) < 4.78 is 0. The lowest BCUT2D eigenvalue weighted by Crippen LogP contribution is -2.18. The molecular weight excluding hydrogens is 236 g/mol. The van der Waals surface area contributed by atoms with Crippen molar-refractivity contribution >= 4 is 23.1 Å². The minimum atomic E-state index is 0.641. The molecule has 1 aromatic carbocycles. The Morgan fingerprint density at radius 2 is 2.18 bits per heavy atom. The number of anilines is 2. The van der Waals surface area contributed by atoms with Gasteiger partial charge in [-0.3, -0.25) is 0 Å². The molecule has 0 bridgehead atoms. The first kappa shape index (κ1) is 11.7. The molecule has 0 spiro atoms. The summed E-state index contributed by atoms with van der Waals surface area (Å²) in [4.78, 5) is 1.97. The molecule has 0 unspecified atom stereocenters. The number of aromatic nitrogens is 2. The highest BCUT2D eigenvalue weighted by atomic mass is 35.5. The summed E-state index contributed by atoms with van der Waals surface area (Å²) in [5.41, 5.74) is 7.41. The average Bonchev–Trinajstić information content (AvgIpc) is 2.35. The number of rotatable bonds is 3. The van der Waals surface area contributed by atoms with E-state index < -0.39 is 0 Å². The molecule has 2 rings (SSSR count). The van der Waals surface area contributed by atoms with Gasteiger partial charge in [0.25, 0.3) is 0 Å². The Hall–Kier alpha value is -1.81. The molecule has 2 N–H and O–H groups in total. The van der Waals surface area contributed by atoms with Crippen molar-refractivity contribution in [1.82, 2.24) is 10.2 Å². The predicted octanol–water partition coefficient (Wildman–Crippen LogP) is 2.35. The van der Waals surface area contributed by atoms with Gasteiger partial charge >= 0.3 is 0 Å². The highest BCUT2D eigenvalue weighted by molar-refractivity contribution is 6.31. The molecule has 0 atom stereocenters. The first-order valence-electron chi connectivity index (χ1n) is 5.19. The standard InChI is InChI=1S/C12H13ClN4/c1-17(12-3-2-6-15-16-12)8-9-7-10(14)4-5-11(9)13/h2-7H,8,14H2,1H3. The van der Waals surface area contributed by atoms with Crippen LogP contribution in [-0.4, -0.2) is 17.2 Å². The Morgan fingerprint density at radius 1 is 1.35 bits per heavy atom. The number of nitrogens with two attached hydrogens (primary N) is 1. The van der Waals surface area contributed by atoms with E-state index in [1.165, 1.54) is 0 Å². The molecule has 5 heteroatoms. The number of benzene rings is 1. The van der Waals surface area contributed by atoms with Gasteiger partial charge in [0, 0.05) is 30.5 Å². The summed E-state index contributed by atoms with van der Waals surface area (Å²) in [6.07, 6.45) is 1.64. The minimum absolute atomic E-state index is 0.641. The molecule has 1 heterocycles. The van der Waals surface area contributed by atoms with Crippen LogP contribution < -0.4 is 10.6 Å². The maximum Gasteiger partial charge on any atom is 0.151 e. The van der Waals surface area contributed by atoms with Gasteiger partial charge in [-0.2, -0.15) is 5.10 Å². The van der Waals surface area contributed by atoms with Crippen LogP contribution in [0.1, 0.15) is 5.56 Å². The number of hydrogen-bond donors (Lipinski definition) is 1. The maximum absolute atomic E-state index is 6.11. The van der Waals surface area contributed by atoms with E-state index in [0.29, 0.717) is 17.3 Å². The second kappa shape index (κ2) is 5.01. The molecule has 0 fully saturated rings. The average molecular weight is 249 g/mol. The first-order chi connectivity index (χ1) is 8.16. The Balaban J connectivity index is 2.18. The topological polar surface area (TPSA) is 55.0 Å². The second-order valence-corrected chi connectivity index (χ2v) is 4.20. The molecule has 0 aliphatic rings. The van der Waals surface area contributed by atoms with E-state index in [1.54, 1.807) is 18.3 Å². The number of hydrogen-bond acceptors (Lipinski definition) is 4. The van der Waals surface area contributed by atoms with E-state index in [-0.39, 0.29) is 0 Å². The molecule has 0 aliphatic heterocycles. The summed E-state index contributed by atoms with van der Waals surface area (Å²) >= 11 is 6.11. The lowest BCUT2D eigenvalue weighted by molar-refractivity contribution is 0.867. The minimum Gasteiger partial charge on any atom is -0.399 e. The Bertz CT molecular complexity index is 501. The van der Waals surface area contributed by atoms with Crippen molar-refractivity contribution in [1.29, 1.82) is 0 Å². The van der Waals surface area contributed by atoms with E-state index in [1.807, 2.05) is 30.1 Å². The lowest BCUT2D eigenvalue weighted by atomic mass is 10.2. The van der Waals surface area contributed by atoms with Gasteiger partial charge in [-0.15, -0.1) is 5.10 Å². The molecule has 4 nitrogen and oxygen atoms in total. The Kier molecular flexibility index (Phi) is 3.44. The third-order valence-corrected chi connectivity index (χ3v) is 2.80. The molecule has 0 saturated carbocycles. The van der Waals surface area contributed by atoms with Crippen molar-refractivity contribution in [3.63, 3.8) is 0 Å². The second-order valence-electron chi connectivity index (χ2n) is 3.79. The van der Waals surface area contributed by atoms with Crippen LogP contribution in [0.25, 0.3) is 0 Å². The van der Waals surface area contributed by atoms with Gasteiger partial charge < -0.3 is 10.6 Å². The smallest absolute Gasteiger partial charge is 0.151 e. The number of halogens is 1. The quantitative estimate of drug-likeness (QED) is 0.848. The predicted molar refractivity (Wildman–Crippen MR) is 70.0 cm³/mol. The monoisotopic (exact) mass is 248 g/mol. The molecule has 0 amide bonds. The molecule has 0 aliphatic carbocycles. The maximum atomic E-state index is 6.11. The lowest BCUT2D eigenvalue weighted by Gasteiger charge is -2.18. The summed E-state index contributed by atoms with van der Waals surface area (Å²) in [6, 6.07) is 9.20. The molecular formula is C12H13ClN4. The van der Waals surface area contributed by atoms with Gasteiger partial charge in [0.15, 0.2) is 5.82 Å². The van der Waals surface area contributed by atoms with Crippen LogP contribution in [0.5, 0.6) is 0 Å². The van der Waals surface area contributed by atoms with Crippen LogP contribution in [0.15, 0.2) is 36.5 Å². The Labute approximate surface area is 105 Å². The van der Waals surface area contributed by atoms with Crippen LogP contribution in [0.4, 0.5) is 11.5 Å². The van der Waals surface area contributed by atoms with Crippen LogP contribution in [0.3, 0.4) is 0 Å². The van der Waals surface area contributed by atoms with Crippen molar-refractivity contribution < 1.29 is 0 Å². The zero-order valence-electron chi connectivity index (χ0n) is 9.47. The number of nitrogens with zero attached hydrogens (tertiary/aromatic N) is 3. The third-order valence-electron chi connectivity index (χ3n) is 2.43. The van der Waals surface area contributed by atoms with Crippen LogP contribution in [0.2, 0.25) is 5.02 Å². The molecule has 0 radical (unpaired) electrons. The van der Waals surface area contributed by atoms with E-state index in [0.717, 1.165) is 11.4 Å². The van der Waals surface area contributed by atoms with Crippen LogP contribution in [-0.2, 0) is 6.54 Å². The van der Waals surface area contributed by atoms with E-state index in [2.05, 4.69) is 10.2 Å². The Morgan fingerprint density at radius 3 is 2.88 bits per heavy atom. The SMILES string of the molecule is CN(Cc1cc(N)ccc1Cl)c1cccnn1. The summed E-state index contributed by atoms with van der Waals surface area (Å²) in [7, 11) is 1.93. The highest BCUT2D eigenvalue weighted by Crippen LogP contribution is 2.21. The molecule has 88 valence electrons. The zero-order chi connectivity index (χ0) is 12.3. The van der Waals surface area contributed by atoms with Crippen molar-refractivity contribution in [2.45, 2.75) is 6.54 Å². The number of nitrogen functional groups attached to an aromatic ring is 1. The van der Waals surface area contributed by atoms with E-state index >= 15 is 0 Å². The fourth-order valence-corrected chi connectivity index (χ4v) is 1.73. The van der Waals surface area contributed by atoms with Gasteiger partial charge in [0.1, 0.15) is 0 Å². The van der Waals surface area contributed by atoms with Gasteiger partial charge in [-0.05, 0) is 35.9 Å². The van der Waals surface area contributed by atoms with Gasteiger partial charge in [-0.1, -0.05) is 11.6 Å². The van der Waals surface area contributed by atoms with Gasteiger partial charge in [0.2, 0.25) is 0 Å². The van der Waals surface area contributed by atoms with E-state index in [4.69, 9.17) is 17.3 Å². The normalized spacial score (nSPS) is 10.2. The van der Waals surface area contributed by atoms with Crippen molar-refractivity contribution in [3.8, 4) is 0 Å². The molecule has 0 saturated heterocycles. The highest BCUT2D eigenvalue weighted by Gasteiger charge is 2.06. The molecule has 17 heavy (non-hydrogen) atoms. The van der Waals surface area contributed by atoms with E-state index in [9.17, 15) is 0 Å². The third kappa shape index (κ3) is 2.85. The van der Waals surface area contributed by atoms with Crippen molar-refractivity contribution in [3.05, 3.63) is 47.1 Å². The summed E-state index contributed by atoms with van der Waals surface area (Å²) in [6.45, 7) is 0.641. The summed E-state index contributed by atoms with van der Waals surface area (Å²) in [5, 5.41) is 8.57. The largest absolute Gasteiger partial charge is 0.399 e. The van der Waals surface area contributed by atoms with Gasteiger partial charge in [0.05, 0.1) is 0 Å². The van der Waals surface area contributed by atoms with Crippen LogP contribution in [0, 0.1) is 0 Å². The van der Waals surface area contributed by atoms with Crippen molar-refractivity contribution in [2.24, 2.45) is 0 Å². The van der Waals surface area contributed by atoms with Crippen molar-refractivity contribution in [2.75, 3.05) is 17.7 Å². The summed E-state index contributed by atoms with van der Waals surface area (Å²) in [5.74, 6) is 0.797. The van der Waals surface area contributed by atoms with Gasteiger partial charge in [-0.25, -0.2) is 0 Å². The first-order valence-corrected chi connectivity index (χ1v) is 5.57. The van der Waals surface area contributed by atoms with Crippen LogP contribution >= 0.6 is 11.6 Å². The molecule has 2 aromatic rings. The molecule has 1 aromatic heterocycles. The fourth-order valence-electron chi connectivity index (χ4n) is 1.55.